The molecule has 3 heterocycles. The minimum absolute atomic E-state index is 0.220. The van der Waals surface area contributed by atoms with Gasteiger partial charge in [-0.2, -0.15) is 5.10 Å². The summed E-state index contributed by atoms with van der Waals surface area (Å²) in [5.74, 6) is 0.587. The smallest absolute Gasteiger partial charge is 0.271 e. The Kier molecular flexibility index (Phi) is 4.04. The average molecular weight is 300 g/mol. The minimum atomic E-state index is -0.220. The van der Waals surface area contributed by atoms with Crippen LogP contribution < -0.4 is 10.2 Å². The van der Waals surface area contributed by atoms with E-state index in [1.807, 2.05) is 23.9 Å². The zero-order valence-electron chi connectivity index (χ0n) is 12.9. The molecular weight excluding hydrogens is 280 g/mol. The molecule has 0 aromatic carbocycles. The first-order chi connectivity index (χ1) is 10.7. The average Bonchev–Trinajstić information content (AvgIpc) is 3.01. The molecule has 1 aliphatic heterocycles. The van der Waals surface area contributed by atoms with Gasteiger partial charge in [0, 0.05) is 26.3 Å². The lowest BCUT2D eigenvalue weighted by Crippen LogP contribution is -2.37. The van der Waals surface area contributed by atoms with Gasteiger partial charge in [-0.25, -0.2) is 0 Å². The van der Waals surface area contributed by atoms with Gasteiger partial charge in [0.25, 0.3) is 5.91 Å². The topological polar surface area (TPSA) is 75.9 Å². The largest absolute Gasteiger partial charge is 0.354 e. The quantitative estimate of drug-likeness (QED) is 0.921. The van der Waals surface area contributed by atoms with Crippen molar-refractivity contribution in [3.8, 4) is 0 Å². The molecule has 1 aliphatic rings. The Labute approximate surface area is 129 Å². The molecule has 1 unspecified atom stereocenters. The van der Waals surface area contributed by atoms with E-state index < -0.39 is 0 Å². The number of carbonyl (C=O) groups is 1. The number of amides is 1. The molecule has 116 valence electrons. The van der Waals surface area contributed by atoms with Gasteiger partial charge in [0.15, 0.2) is 11.5 Å². The maximum atomic E-state index is 11.5. The highest BCUT2D eigenvalue weighted by Crippen LogP contribution is 2.24. The van der Waals surface area contributed by atoms with Crippen LogP contribution in [0.3, 0.4) is 0 Å². The third kappa shape index (κ3) is 2.93. The van der Waals surface area contributed by atoms with Crippen LogP contribution in [0.1, 0.15) is 34.9 Å². The molecule has 0 bridgehead atoms. The van der Waals surface area contributed by atoms with E-state index in [1.165, 1.54) is 5.56 Å². The molecule has 7 heteroatoms. The highest BCUT2D eigenvalue weighted by atomic mass is 16.1. The van der Waals surface area contributed by atoms with Gasteiger partial charge in [0.1, 0.15) is 0 Å². The summed E-state index contributed by atoms with van der Waals surface area (Å²) < 4.78 is 2.04. The zero-order valence-corrected chi connectivity index (χ0v) is 12.9. The van der Waals surface area contributed by atoms with Gasteiger partial charge >= 0.3 is 0 Å². The van der Waals surface area contributed by atoms with Crippen LogP contribution in [0.15, 0.2) is 24.5 Å². The van der Waals surface area contributed by atoms with Gasteiger partial charge in [-0.1, -0.05) is 0 Å². The van der Waals surface area contributed by atoms with E-state index in [1.54, 1.807) is 13.1 Å². The molecule has 0 spiro atoms. The summed E-state index contributed by atoms with van der Waals surface area (Å²) >= 11 is 0. The van der Waals surface area contributed by atoms with Crippen molar-refractivity contribution in [3.05, 3.63) is 35.8 Å². The summed E-state index contributed by atoms with van der Waals surface area (Å²) in [6.07, 6.45) is 6.16. The summed E-state index contributed by atoms with van der Waals surface area (Å²) in [4.78, 5) is 13.7. The highest BCUT2D eigenvalue weighted by Gasteiger charge is 2.23. The number of carbonyl (C=O) groups excluding carboxylic acids is 1. The Morgan fingerprint density at radius 2 is 2.23 bits per heavy atom. The molecule has 1 amide bonds. The first kappa shape index (κ1) is 14.5. The Balaban J connectivity index is 1.73. The van der Waals surface area contributed by atoms with E-state index in [9.17, 15) is 4.79 Å². The van der Waals surface area contributed by atoms with Gasteiger partial charge in [-0.3, -0.25) is 9.48 Å². The molecular formula is C15H20N6O. The molecule has 0 radical (unpaired) electrons. The first-order valence-electron chi connectivity index (χ1n) is 7.49. The van der Waals surface area contributed by atoms with Crippen LogP contribution >= 0.6 is 0 Å². The van der Waals surface area contributed by atoms with Crippen molar-refractivity contribution in [2.75, 3.05) is 25.0 Å². The maximum Gasteiger partial charge on any atom is 0.271 e. The first-order valence-corrected chi connectivity index (χ1v) is 7.49. The maximum absolute atomic E-state index is 11.5. The zero-order chi connectivity index (χ0) is 15.5. The summed E-state index contributed by atoms with van der Waals surface area (Å²) in [6, 6.07) is 3.92. The fourth-order valence-electron chi connectivity index (χ4n) is 2.75. The van der Waals surface area contributed by atoms with Crippen molar-refractivity contribution < 1.29 is 4.79 Å². The van der Waals surface area contributed by atoms with E-state index in [2.05, 4.69) is 31.7 Å². The number of hydrogen-bond acceptors (Lipinski definition) is 5. The third-order valence-corrected chi connectivity index (χ3v) is 3.94. The molecule has 0 aliphatic carbocycles. The molecule has 1 fully saturated rings. The van der Waals surface area contributed by atoms with Crippen LogP contribution in [0.25, 0.3) is 0 Å². The van der Waals surface area contributed by atoms with Crippen LogP contribution in [0.2, 0.25) is 0 Å². The summed E-state index contributed by atoms with van der Waals surface area (Å²) in [5, 5.41) is 15.2. The number of anilines is 1. The Hall–Kier alpha value is -2.44. The Bertz CT molecular complexity index is 650. The Morgan fingerprint density at radius 1 is 1.36 bits per heavy atom. The lowest BCUT2D eigenvalue weighted by Gasteiger charge is -2.33. The van der Waals surface area contributed by atoms with Crippen molar-refractivity contribution in [1.29, 1.82) is 0 Å². The molecule has 22 heavy (non-hydrogen) atoms. The third-order valence-electron chi connectivity index (χ3n) is 3.94. The van der Waals surface area contributed by atoms with Gasteiger partial charge < -0.3 is 10.2 Å². The molecule has 2 aromatic heterocycles. The molecule has 0 saturated carbocycles. The lowest BCUT2D eigenvalue weighted by molar-refractivity contribution is 0.0957. The van der Waals surface area contributed by atoms with E-state index in [0.29, 0.717) is 11.7 Å². The number of piperidine rings is 1. The summed E-state index contributed by atoms with van der Waals surface area (Å²) in [5.41, 5.74) is 1.51. The van der Waals surface area contributed by atoms with Crippen molar-refractivity contribution in [3.63, 3.8) is 0 Å². The second kappa shape index (κ2) is 6.13. The lowest BCUT2D eigenvalue weighted by atomic mass is 10.1. The number of aromatic nitrogens is 4. The monoisotopic (exact) mass is 300 g/mol. The number of nitrogens with one attached hydrogen (secondary N) is 1. The predicted octanol–water partition coefficient (Wildman–Crippen LogP) is 1.18. The summed E-state index contributed by atoms with van der Waals surface area (Å²) in [6.45, 7) is 3.85. The van der Waals surface area contributed by atoms with E-state index in [-0.39, 0.29) is 5.91 Å². The van der Waals surface area contributed by atoms with Gasteiger partial charge in [-0.05, 0) is 37.5 Å². The number of aryl methyl sites for hydroxylation is 1. The van der Waals surface area contributed by atoms with E-state index >= 15 is 0 Å². The second-order valence-electron chi connectivity index (χ2n) is 5.60. The van der Waals surface area contributed by atoms with Crippen molar-refractivity contribution in [2.45, 2.75) is 25.8 Å². The van der Waals surface area contributed by atoms with Crippen molar-refractivity contribution >= 4 is 11.7 Å². The highest BCUT2D eigenvalue weighted by molar-refractivity contribution is 5.91. The number of rotatable bonds is 3. The normalized spacial score (nSPS) is 18.3. The molecule has 1 saturated heterocycles. The van der Waals surface area contributed by atoms with Gasteiger partial charge in [-0.15, -0.1) is 10.2 Å². The van der Waals surface area contributed by atoms with Gasteiger partial charge in [0.2, 0.25) is 0 Å². The fourth-order valence-corrected chi connectivity index (χ4v) is 2.75. The standard InChI is InChI=1S/C15H20N6O/c1-11-8-17-21(9-11)12-4-3-7-20(10-12)14-6-5-13(18-19-14)15(22)16-2/h5-6,8-9,12H,3-4,7,10H2,1-2H3,(H,16,22). The molecule has 1 atom stereocenters. The molecule has 3 rings (SSSR count). The van der Waals surface area contributed by atoms with Crippen LogP contribution in [0.4, 0.5) is 5.82 Å². The van der Waals surface area contributed by atoms with Crippen molar-refractivity contribution in [1.82, 2.24) is 25.3 Å². The van der Waals surface area contributed by atoms with Gasteiger partial charge in [0.05, 0.1) is 12.2 Å². The van der Waals surface area contributed by atoms with Crippen LogP contribution in [0, 0.1) is 6.92 Å². The minimum Gasteiger partial charge on any atom is -0.354 e. The van der Waals surface area contributed by atoms with Crippen LogP contribution in [-0.4, -0.2) is 46.0 Å². The van der Waals surface area contributed by atoms with E-state index in [4.69, 9.17) is 0 Å². The number of nitrogens with zero attached hydrogens (tertiary/aromatic N) is 5. The fraction of sp³-hybridized carbons (Fsp3) is 0.467. The van der Waals surface area contributed by atoms with E-state index in [0.717, 1.165) is 31.7 Å². The molecule has 1 N–H and O–H groups in total. The van der Waals surface area contributed by atoms with Crippen LogP contribution in [0.5, 0.6) is 0 Å². The SMILES string of the molecule is CNC(=O)c1ccc(N2CCCC(n3cc(C)cn3)C2)nn1. The van der Waals surface area contributed by atoms with Crippen molar-refractivity contribution in [2.24, 2.45) is 0 Å². The predicted molar refractivity (Wildman–Crippen MR) is 82.9 cm³/mol. The Morgan fingerprint density at radius 3 is 2.86 bits per heavy atom. The molecule has 2 aromatic rings. The van der Waals surface area contributed by atoms with Crippen LogP contribution in [-0.2, 0) is 0 Å². The molecule has 7 nitrogen and oxygen atoms in total. The number of hydrogen-bond donors (Lipinski definition) is 1. The second-order valence-corrected chi connectivity index (χ2v) is 5.60. The summed E-state index contributed by atoms with van der Waals surface area (Å²) in [7, 11) is 1.58.